The van der Waals surface area contributed by atoms with E-state index in [1.165, 1.54) is 12.1 Å². The van der Waals surface area contributed by atoms with E-state index >= 15 is 0 Å². The number of carbonyl (C=O) groups excluding carboxylic acids is 2. The van der Waals surface area contributed by atoms with E-state index in [0.717, 1.165) is 38.2 Å². The van der Waals surface area contributed by atoms with Gasteiger partial charge in [-0.05, 0) is 30.7 Å². The third kappa shape index (κ3) is 4.11. The minimum absolute atomic E-state index is 0.103. The first-order valence-electron chi connectivity index (χ1n) is 9.15. The number of hydrogen-bond acceptors (Lipinski definition) is 3. The molecule has 0 aromatic heterocycles. The number of hydrogen-bond donors (Lipinski definition) is 0. The smallest absolute Gasteiger partial charge is 0.228 e. The van der Waals surface area contributed by atoms with Crippen LogP contribution < -0.4 is 4.90 Å². The van der Waals surface area contributed by atoms with E-state index in [4.69, 9.17) is 0 Å². The van der Waals surface area contributed by atoms with Crippen molar-refractivity contribution < 1.29 is 14.0 Å². The van der Waals surface area contributed by atoms with Crippen LogP contribution in [0.2, 0.25) is 0 Å². The van der Waals surface area contributed by atoms with Crippen LogP contribution in [0.5, 0.6) is 0 Å². The summed E-state index contributed by atoms with van der Waals surface area (Å²) in [5.41, 5.74) is 0.982. The Morgan fingerprint density at radius 1 is 1.16 bits per heavy atom. The van der Waals surface area contributed by atoms with Gasteiger partial charge in [0.15, 0.2) is 0 Å². The van der Waals surface area contributed by atoms with Crippen LogP contribution in [0.15, 0.2) is 24.3 Å². The van der Waals surface area contributed by atoms with E-state index in [2.05, 4.69) is 11.8 Å². The highest BCUT2D eigenvalue weighted by molar-refractivity contribution is 5.89. The SMILES string of the molecule is CCCCN1C[C@@H](C(=O)N2CCN(c3ccc(F)cc3)CC2)CC1=O. The molecule has 1 aromatic carbocycles. The van der Waals surface area contributed by atoms with Gasteiger partial charge in [0.25, 0.3) is 0 Å². The zero-order chi connectivity index (χ0) is 17.8. The van der Waals surface area contributed by atoms with Crippen molar-refractivity contribution in [1.82, 2.24) is 9.80 Å². The first kappa shape index (κ1) is 17.7. The van der Waals surface area contributed by atoms with Crippen LogP contribution in [0.4, 0.5) is 10.1 Å². The summed E-state index contributed by atoms with van der Waals surface area (Å²) in [7, 11) is 0. The summed E-state index contributed by atoms with van der Waals surface area (Å²) in [6, 6.07) is 6.46. The molecule has 0 spiro atoms. The summed E-state index contributed by atoms with van der Waals surface area (Å²) in [5.74, 6) is -0.222. The molecule has 3 rings (SSSR count). The number of nitrogens with zero attached hydrogens (tertiary/aromatic N) is 3. The van der Waals surface area contributed by atoms with E-state index in [1.54, 1.807) is 12.1 Å². The first-order valence-corrected chi connectivity index (χ1v) is 9.15. The van der Waals surface area contributed by atoms with Gasteiger partial charge in [-0.15, -0.1) is 0 Å². The molecule has 0 aliphatic carbocycles. The molecule has 0 bridgehead atoms. The fourth-order valence-corrected chi connectivity index (χ4v) is 3.60. The van der Waals surface area contributed by atoms with Gasteiger partial charge >= 0.3 is 0 Å². The topological polar surface area (TPSA) is 43.9 Å². The molecule has 2 fully saturated rings. The average Bonchev–Trinajstić information content (AvgIpc) is 3.01. The number of benzene rings is 1. The van der Waals surface area contributed by atoms with Crippen molar-refractivity contribution in [3.8, 4) is 0 Å². The second-order valence-corrected chi connectivity index (χ2v) is 6.88. The highest BCUT2D eigenvalue weighted by Crippen LogP contribution is 2.23. The van der Waals surface area contributed by atoms with E-state index in [1.807, 2.05) is 9.80 Å². The van der Waals surface area contributed by atoms with Gasteiger partial charge in [-0.1, -0.05) is 13.3 Å². The molecule has 2 aliphatic heterocycles. The summed E-state index contributed by atoms with van der Waals surface area (Å²) in [4.78, 5) is 30.7. The lowest BCUT2D eigenvalue weighted by molar-refractivity contribution is -0.136. The second-order valence-electron chi connectivity index (χ2n) is 6.88. The van der Waals surface area contributed by atoms with Gasteiger partial charge in [-0.3, -0.25) is 9.59 Å². The number of likely N-dealkylation sites (tertiary alicyclic amines) is 1. The maximum Gasteiger partial charge on any atom is 0.228 e. The van der Waals surface area contributed by atoms with Gasteiger partial charge in [-0.2, -0.15) is 0 Å². The lowest BCUT2D eigenvalue weighted by atomic mass is 10.1. The molecule has 0 radical (unpaired) electrons. The zero-order valence-corrected chi connectivity index (χ0v) is 14.8. The van der Waals surface area contributed by atoms with Crippen LogP contribution in [0, 0.1) is 11.7 Å². The Kier molecular flexibility index (Phi) is 5.56. The lowest BCUT2D eigenvalue weighted by Gasteiger charge is -2.37. The Hall–Kier alpha value is -2.11. The monoisotopic (exact) mass is 347 g/mol. The Labute approximate surface area is 148 Å². The maximum atomic E-state index is 13.0. The summed E-state index contributed by atoms with van der Waals surface area (Å²) >= 11 is 0. The molecule has 2 amide bonds. The summed E-state index contributed by atoms with van der Waals surface area (Å²) < 4.78 is 13.0. The molecule has 2 saturated heterocycles. The fourth-order valence-electron chi connectivity index (χ4n) is 3.60. The Bertz CT molecular complexity index is 612. The number of rotatable bonds is 5. The molecule has 2 aliphatic rings. The van der Waals surface area contributed by atoms with Crippen LogP contribution >= 0.6 is 0 Å². The van der Waals surface area contributed by atoms with Crippen LogP contribution in [0.1, 0.15) is 26.2 Å². The quantitative estimate of drug-likeness (QED) is 0.820. The van der Waals surface area contributed by atoms with Crippen molar-refractivity contribution in [2.75, 3.05) is 44.2 Å². The lowest BCUT2D eigenvalue weighted by Crippen LogP contribution is -2.50. The molecule has 25 heavy (non-hydrogen) atoms. The molecule has 1 atom stereocenters. The van der Waals surface area contributed by atoms with Crippen LogP contribution in [0.25, 0.3) is 0 Å². The number of piperazine rings is 1. The molecule has 5 nitrogen and oxygen atoms in total. The van der Waals surface area contributed by atoms with Gasteiger partial charge in [0, 0.05) is 51.4 Å². The van der Waals surface area contributed by atoms with Crippen LogP contribution in [-0.2, 0) is 9.59 Å². The summed E-state index contributed by atoms with van der Waals surface area (Å²) in [5, 5.41) is 0. The third-order valence-corrected chi connectivity index (χ3v) is 5.13. The van der Waals surface area contributed by atoms with E-state index in [-0.39, 0.29) is 23.5 Å². The minimum Gasteiger partial charge on any atom is -0.368 e. The van der Waals surface area contributed by atoms with Gasteiger partial charge in [0.2, 0.25) is 11.8 Å². The average molecular weight is 347 g/mol. The number of carbonyl (C=O) groups is 2. The third-order valence-electron chi connectivity index (χ3n) is 5.13. The predicted octanol–water partition coefficient (Wildman–Crippen LogP) is 2.12. The molecule has 0 unspecified atom stereocenters. The zero-order valence-electron chi connectivity index (χ0n) is 14.8. The maximum absolute atomic E-state index is 13.0. The number of halogens is 1. The molecular formula is C19H26FN3O2. The van der Waals surface area contributed by atoms with Crippen molar-refractivity contribution in [3.63, 3.8) is 0 Å². The number of unbranched alkanes of at least 4 members (excludes halogenated alkanes) is 1. The van der Waals surface area contributed by atoms with Crippen LogP contribution in [-0.4, -0.2) is 60.9 Å². The normalized spacial score (nSPS) is 21.1. The van der Waals surface area contributed by atoms with Gasteiger partial charge < -0.3 is 14.7 Å². The molecule has 6 heteroatoms. The largest absolute Gasteiger partial charge is 0.368 e. The minimum atomic E-state index is -0.240. The Balaban J connectivity index is 1.52. The Morgan fingerprint density at radius 3 is 2.48 bits per heavy atom. The molecule has 0 saturated carbocycles. The van der Waals surface area contributed by atoms with E-state index in [0.29, 0.717) is 26.1 Å². The van der Waals surface area contributed by atoms with Crippen LogP contribution in [0.3, 0.4) is 0 Å². The van der Waals surface area contributed by atoms with Crippen molar-refractivity contribution in [3.05, 3.63) is 30.1 Å². The molecule has 1 aromatic rings. The van der Waals surface area contributed by atoms with Gasteiger partial charge in [-0.25, -0.2) is 4.39 Å². The second kappa shape index (κ2) is 7.85. The van der Waals surface area contributed by atoms with Gasteiger partial charge in [0.1, 0.15) is 5.82 Å². The molecule has 0 N–H and O–H groups in total. The van der Waals surface area contributed by atoms with Crippen molar-refractivity contribution in [1.29, 1.82) is 0 Å². The van der Waals surface area contributed by atoms with E-state index in [9.17, 15) is 14.0 Å². The van der Waals surface area contributed by atoms with Gasteiger partial charge in [0.05, 0.1) is 5.92 Å². The standard InChI is InChI=1S/C19H26FN3O2/c1-2-3-8-23-14-15(13-18(23)24)19(25)22-11-9-21(10-12-22)17-6-4-16(20)5-7-17/h4-7,15H,2-3,8-14H2,1H3/t15-/m0/s1. The van der Waals surface area contributed by atoms with Crippen molar-refractivity contribution in [2.24, 2.45) is 5.92 Å². The molecule has 136 valence electrons. The van der Waals surface area contributed by atoms with Crippen molar-refractivity contribution >= 4 is 17.5 Å². The Morgan fingerprint density at radius 2 is 1.84 bits per heavy atom. The molecule has 2 heterocycles. The first-order chi connectivity index (χ1) is 12.1. The highest BCUT2D eigenvalue weighted by Gasteiger charge is 2.36. The molecular weight excluding hydrogens is 321 g/mol. The van der Waals surface area contributed by atoms with E-state index < -0.39 is 0 Å². The predicted molar refractivity (Wildman–Crippen MR) is 94.8 cm³/mol. The summed E-state index contributed by atoms with van der Waals surface area (Å²) in [6.07, 6.45) is 2.39. The highest BCUT2D eigenvalue weighted by atomic mass is 19.1. The summed E-state index contributed by atoms with van der Waals surface area (Å²) in [6.45, 7) is 6.19. The number of anilines is 1. The number of amides is 2. The van der Waals surface area contributed by atoms with Crippen molar-refractivity contribution in [2.45, 2.75) is 26.2 Å². The fraction of sp³-hybridized carbons (Fsp3) is 0.579.